The third kappa shape index (κ3) is 3.21. The van der Waals surface area contributed by atoms with Crippen LogP contribution in [0.5, 0.6) is 0 Å². The maximum absolute atomic E-state index is 10.2. The van der Waals surface area contributed by atoms with Crippen LogP contribution in [0.1, 0.15) is 18.7 Å². The summed E-state index contributed by atoms with van der Waals surface area (Å²) in [5, 5.41) is 12.9. The normalized spacial score (nSPS) is 12.0. The van der Waals surface area contributed by atoms with Gasteiger partial charge >= 0.3 is 0 Å². The van der Waals surface area contributed by atoms with Crippen molar-refractivity contribution >= 4 is 28.6 Å². The van der Waals surface area contributed by atoms with Crippen LogP contribution in [0.25, 0.3) is 28.0 Å². The molecule has 0 aliphatic rings. The lowest BCUT2D eigenvalue weighted by Gasteiger charge is -2.13. The summed E-state index contributed by atoms with van der Waals surface area (Å²) in [6, 6.07) is 13.8. The van der Waals surface area contributed by atoms with E-state index >= 15 is 0 Å². The van der Waals surface area contributed by atoms with E-state index in [4.69, 9.17) is 11.6 Å². The average molecular weight is 369 g/mol. The first-order chi connectivity index (χ1) is 11.9. The summed E-state index contributed by atoms with van der Waals surface area (Å²) in [4.78, 5) is 5.63. The first-order valence-corrected chi connectivity index (χ1v) is 9.22. The van der Waals surface area contributed by atoms with Gasteiger partial charge in [-0.05, 0) is 60.7 Å². The van der Waals surface area contributed by atoms with Crippen molar-refractivity contribution in [3.05, 3.63) is 70.1 Å². The van der Waals surface area contributed by atoms with Crippen LogP contribution in [0.4, 0.5) is 0 Å². The predicted molar refractivity (Wildman–Crippen MR) is 104 cm³/mol. The predicted octanol–water partition coefficient (Wildman–Crippen LogP) is 5.61. The number of halogens is 1. The van der Waals surface area contributed by atoms with Crippen molar-refractivity contribution in [2.45, 2.75) is 19.4 Å². The van der Waals surface area contributed by atoms with Crippen LogP contribution >= 0.6 is 22.9 Å². The topological polar surface area (TPSA) is 37.5 Å². The number of pyridine rings is 1. The highest BCUT2D eigenvalue weighted by molar-refractivity contribution is 7.10. The fourth-order valence-electron chi connectivity index (χ4n) is 2.73. The molecular weight excluding hydrogens is 352 g/mol. The number of thiophene rings is 1. The highest BCUT2D eigenvalue weighted by Crippen LogP contribution is 2.32. The molecule has 4 aromatic rings. The zero-order valence-electron chi connectivity index (χ0n) is 13.9. The summed E-state index contributed by atoms with van der Waals surface area (Å²) in [6.07, 6.45) is 4.09. The van der Waals surface area contributed by atoms with Crippen molar-refractivity contribution in [1.29, 1.82) is 0 Å². The minimum Gasteiger partial charge on any atom is -0.385 e. The largest absolute Gasteiger partial charge is 0.385 e. The van der Waals surface area contributed by atoms with Gasteiger partial charge in [0.15, 0.2) is 0 Å². The molecule has 4 rings (SSSR count). The number of aromatic nitrogens is 2. The fourth-order valence-corrected chi connectivity index (χ4v) is 3.80. The van der Waals surface area contributed by atoms with E-state index in [0.717, 1.165) is 37.9 Å². The molecule has 1 aromatic carbocycles. The van der Waals surface area contributed by atoms with Crippen LogP contribution in [0.15, 0.2) is 60.2 Å². The molecule has 0 saturated carbocycles. The number of fused-ring (bicyclic) bond motifs is 1. The van der Waals surface area contributed by atoms with Crippen molar-refractivity contribution < 1.29 is 5.11 Å². The minimum atomic E-state index is -0.816. The lowest BCUT2D eigenvalue weighted by atomic mass is 10.1. The smallest absolute Gasteiger partial charge is 0.137 e. The first-order valence-electron chi connectivity index (χ1n) is 7.97. The Labute approximate surface area is 155 Å². The summed E-state index contributed by atoms with van der Waals surface area (Å²) >= 11 is 7.53. The standard InChI is InChI=1S/C20H17ClN2OS/c1-20(2,24)18-9-15(12-25-18)14-5-8-19-22-17(11-23(19)10-14)13-3-6-16(21)7-4-13/h3-12,24H,1-2H3. The molecule has 3 nitrogen and oxygen atoms in total. The van der Waals surface area contributed by atoms with Crippen molar-refractivity contribution in [3.8, 4) is 22.4 Å². The minimum absolute atomic E-state index is 0.717. The highest BCUT2D eigenvalue weighted by Gasteiger charge is 2.18. The molecule has 0 atom stereocenters. The number of nitrogens with zero attached hydrogens (tertiary/aromatic N) is 2. The number of aliphatic hydroxyl groups is 1. The second-order valence-electron chi connectivity index (χ2n) is 6.57. The van der Waals surface area contributed by atoms with Gasteiger partial charge in [-0.15, -0.1) is 11.3 Å². The molecule has 0 aliphatic heterocycles. The molecule has 3 aromatic heterocycles. The summed E-state index contributed by atoms with van der Waals surface area (Å²) in [5.41, 5.74) is 4.23. The van der Waals surface area contributed by atoms with Crippen molar-refractivity contribution in [1.82, 2.24) is 9.38 Å². The highest BCUT2D eigenvalue weighted by atomic mass is 35.5. The Bertz CT molecular complexity index is 1040. The zero-order valence-corrected chi connectivity index (χ0v) is 15.5. The molecule has 3 heterocycles. The Hall–Kier alpha value is -2.14. The molecule has 0 radical (unpaired) electrons. The fraction of sp³-hybridized carbons (Fsp3) is 0.150. The molecule has 0 spiro atoms. The van der Waals surface area contributed by atoms with Crippen LogP contribution in [0, 0.1) is 0 Å². The van der Waals surface area contributed by atoms with Gasteiger partial charge in [0.2, 0.25) is 0 Å². The van der Waals surface area contributed by atoms with E-state index in [1.807, 2.05) is 47.0 Å². The van der Waals surface area contributed by atoms with Gasteiger partial charge in [-0.25, -0.2) is 4.98 Å². The van der Waals surface area contributed by atoms with Gasteiger partial charge < -0.3 is 9.51 Å². The molecule has 0 fully saturated rings. The van der Waals surface area contributed by atoms with Crippen LogP contribution < -0.4 is 0 Å². The Morgan fingerprint density at radius 2 is 1.72 bits per heavy atom. The number of hydrogen-bond donors (Lipinski definition) is 1. The molecule has 1 N–H and O–H groups in total. The van der Waals surface area contributed by atoms with Crippen LogP contribution in [-0.4, -0.2) is 14.5 Å². The van der Waals surface area contributed by atoms with Gasteiger partial charge in [0.1, 0.15) is 5.65 Å². The van der Waals surface area contributed by atoms with E-state index in [1.165, 1.54) is 0 Å². The molecule has 0 amide bonds. The first kappa shape index (κ1) is 16.3. The van der Waals surface area contributed by atoms with Gasteiger partial charge in [0, 0.05) is 27.9 Å². The van der Waals surface area contributed by atoms with Crippen molar-refractivity contribution in [3.63, 3.8) is 0 Å². The van der Waals surface area contributed by atoms with E-state index in [2.05, 4.69) is 22.6 Å². The van der Waals surface area contributed by atoms with E-state index < -0.39 is 5.60 Å². The number of hydrogen-bond acceptors (Lipinski definition) is 3. The third-order valence-corrected chi connectivity index (χ3v) is 5.62. The number of rotatable bonds is 3. The molecule has 0 bridgehead atoms. The van der Waals surface area contributed by atoms with Gasteiger partial charge in [-0.1, -0.05) is 23.7 Å². The Morgan fingerprint density at radius 3 is 2.40 bits per heavy atom. The molecule has 0 unspecified atom stereocenters. The maximum atomic E-state index is 10.2. The van der Waals surface area contributed by atoms with E-state index in [0.29, 0.717) is 0 Å². The van der Waals surface area contributed by atoms with Gasteiger partial charge in [-0.3, -0.25) is 0 Å². The van der Waals surface area contributed by atoms with Gasteiger partial charge in [0.05, 0.1) is 11.3 Å². The van der Waals surface area contributed by atoms with Gasteiger partial charge in [0.25, 0.3) is 0 Å². The van der Waals surface area contributed by atoms with Crippen LogP contribution in [-0.2, 0) is 5.60 Å². The Kier molecular flexibility index (Phi) is 3.91. The maximum Gasteiger partial charge on any atom is 0.137 e. The molecule has 25 heavy (non-hydrogen) atoms. The van der Waals surface area contributed by atoms with Crippen molar-refractivity contribution in [2.75, 3.05) is 0 Å². The molecular formula is C20H17ClN2OS. The molecule has 0 saturated heterocycles. The third-order valence-electron chi connectivity index (χ3n) is 4.13. The summed E-state index contributed by atoms with van der Waals surface area (Å²) in [6.45, 7) is 3.61. The lowest BCUT2D eigenvalue weighted by molar-refractivity contribution is 0.0826. The Balaban J connectivity index is 1.73. The molecule has 0 aliphatic carbocycles. The number of benzene rings is 1. The monoisotopic (exact) mass is 368 g/mol. The SMILES string of the molecule is CC(C)(O)c1cc(-c2ccc3nc(-c4ccc(Cl)cc4)cn3c2)cs1. The summed E-state index contributed by atoms with van der Waals surface area (Å²) in [7, 11) is 0. The van der Waals surface area contributed by atoms with E-state index in [-0.39, 0.29) is 0 Å². The van der Waals surface area contributed by atoms with E-state index in [9.17, 15) is 5.11 Å². The average Bonchev–Trinajstić information content (AvgIpc) is 3.21. The molecule has 5 heteroatoms. The van der Waals surface area contributed by atoms with Crippen molar-refractivity contribution in [2.24, 2.45) is 0 Å². The van der Waals surface area contributed by atoms with Gasteiger partial charge in [-0.2, -0.15) is 0 Å². The summed E-state index contributed by atoms with van der Waals surface area (Å²) in [5.74, 6) is 0. The zero-order chi connectivity index (χ0) is 17.6. The second kappa shape index (κ2) is 5.99. The Morgan fingerprint density at radius 1 is 1.00 bits per heavy atom. The van der Waals surface area contributed by atoms with E-state index in [1.54, 1.807) is 25.2 Å². The molecule has 126 valence electrons. The lowest BCUT2D eigenvalue weighted by Crippen LogP contribution is -2.12. The quantitative estimate of drug-likeness (QED) is 0.510. The van der Waals surface area contributed by atoms with Crippen LogP contribution in [0.2, 0.25) is 5.02 Å². The summed E-state index contributed by atoms with van der Waals surface area (Å²) < 4.78 is 2.03. The second-order valence-corrected chi connectivity index (χ2v) is 7.92. The van der Waals surface area contributed by atoms with Crippen LogP contribution in [0.3, 0.4) is 0 Å². The number of imidazole rings is 1.